The quantitative estimate of drug-likeness (QED) is 0.120. The molecule has 0 spiro atoms. The van der Waals surface area contributed by atoms with E-state index in [1.807, 2.05) is 0 Å². The molecule has 5 nitrogen and oxygen atoms in total. The van der Waals surface area contributed by atoms with Gasteiger partial charge < -0.3 is 23.0 Å². The number of hydrogen-bond donors (Lipinski definition) is 0. The number of para-hydroxylation sites is 4. The summed E-state index contributed by atoms with van der Waals surface area (Å²) in [5.74, 6) is 1.91. The van der Waals surface area contributed by atoms with Gasteiger partial charge in [-0.25, -0.2) is 0 Å². The van der Waals surface area contributed by atoms with Crippen molar-refractivity contribution in [1.29, 1.82) is 0 Å². The Kier molecular flexibility index (Phi) is 10.2. The van der Waals surface area contributed by atoms with Crippen LogP contribution in [0.2, 0.25) is 0 Å². The summed E-state index contributed by atoms with van der Waals surface area (Å²) in [5, 5.41) is 5.52. The summed E-state index contributed by atoms with van der Waals surface area (Å²) in [6, 6.07) is 77.9. The molecule has 0 amide bonds. The molecule has 0 fully saturated rings. The van der Waals surface area contributed by atoms with Gasteiger partial charge in [-0.3, -0.25) is 0 Å². The van der Waals surface area contributed by atoms with Crippen molar-refractivity contribution < 1.29 is 4.74 Å². The zero-order valence-corrected chi connectivity index (χ0v) is 47.4. The van der Waals surface area contributed by atoms with Crippen molar-refractivity contribution in [3.8, 4) is 34.2 Å². The summed E-state index contributed by atoms with van der Waals surface area (Å²) >= 11 is 0. The molecule has 6 heteroatoms. The maximum atomic E-state index is 8.19. The van der Waals surface area contributed by atoms with Crippen LogP contribution in [-0.2, 0) is 56.8 Å². The smallest absolute Gasteiger partial charge is 0.251 e. The van der Waals surface area contributed by atoms with Gasteiger partial charge in [0.2, 0.25) is 0 Å². The summed E-state index contributed by atoms with van der Waals surface area (Å²) in [6.07, 6.45) is 17.0. The van der Waals surface area contributed by atoms with Gasteiger partial charge in [0.15, 0.2) is 0 Å². The summed E-state index contributed by atoms with van der Waals surface area (Å²) < 4.78 is 18.8. The van der Waals surface area contributed by atoms with Crippen molar-refractivity contribution in [3.05, 3.63) is 267 Å². The van der Waals surface area contributed by atoms with Gasteiger partial charge in [-0.1, -0.05) is 151 Å². The Morgan fingerprint density at radius 3 is 1.33 bits per heavy atom. The highest BCUT2D eigenvalue weighted by Gasteiger charge is 2.52. The highest BCUT2D eigenvalue weighted by atomic mass is 16.5. The number of benzene rings is 9. The van der Waals surface area contributed by atoms with Crippen molar-refractivity contribution in [1.82, 2.24) is 18.3 Å². The third-order valence-electron chi connectivity index (χ3n) is 21.1. The Balaban J connectivity index is 0.988. The standard InChI is InChI=1S/C78H63BN4O/c1-4-22-49(23-5-1)78(50-24-6-2-7-25-50)62-44-51(80-66-35-15-10-27-55(66)56-28-11-16-36-67(56)80)42-43-64(62)79-65-46-53(82-70-38-18-13-30-58(70)60-32-20-40-71(60)82)47-74(83-72-39-19-14-31-59(72)61-33-21-41-73(61)83)77(65)84-75-48-52(45-63(78)76(75)79)81-68-34-9-3-8-26-54(68)57-29-12-17-37-69(57)81/h1-2,4-7,10,12-15,17-19,22-25,27,29-31,35,37-39,42-48H,3,8-9,11,16,20-21,26,28,32-34,36,40-41H2. The van der Waals surface area contributed by atoms with Gasteiger partial charge >= 0.3 is 0 Å². The normalized spacial score (nSPS) is 16.3. The molecule has 0 atom stereocenters. The molecule has 0 N–H and O–H groups in total. The van der Waals surface area contributed by atoms with Gasteiger partial charge in [0.25, 0.3) is 6.71 Å². The van der Waals surface area contributed by atoms with E-state index >= 15 is 0 Å². The first-order valence-corrected chi connectivity index (χ1v) is 31.5. The number of hydrogen-bond acceptors (Lipinski definition) is 1. The molecule has 404 valence electrons. The Hall–Kier alpha value is -9.00. The van der Waals surface area contributed by atoms with Crippen LogP contribution < -0.4 is 21.1 Å². The van der Waals surface area contributed by atoms with Crippen LogP contribution >= 0.6 is 0 Å². The largest absolute Gasteiger partial charge is 0.456 e. The monoisotopic (exact) mass is 1080 g/mol. The molecule has 6 heterocycles. The fourth-order valence-electron chi connectivity index (χ4n) is 17.8. The molecule has 4 aliphatic carbocycles. The van der Waals surface area contributed by atoms with Gasteiger partial charge in [-0.15, -0.1) is 0 Å². The van der Waals surface area contributed by atoms with Crippen LogP contribution in [0.25, 0.3) is 66.4 Å². The number of fused-ring (bicyclic) bond motifs is 16. The van der Waals surface area contributed by atoms with E-state index in [1.54, 1.807) is 0 Å². The molecule has 0 unspecified atom stereocenters. The highest BCUT2D eigenvalue weighted by molar-refractivity contribution is 6.98. The van der Waals surface area contributed by atoms with Gasteiger partial charge in [0.05, 0.1) is 33.2 Å². The van der Waals surface area contributed by atoms with Gasteiger partial charge in [-0.05, 0) is 200 Å². The van der Waals surface area contributed by atoms with E-state index in [4.69, 9.17) is 4.74 Å². The zero-order chi connectivity index (χ0) is 54.8. The lowest BCUT2D eigenvalue weighted by Gasteiger charge is -2.47. The molecule has 84 heavy (non-hydrogen) atoms. The molecule has 4 aromatic heterocycles. The molecular weight excluding hydrogens is 1020 g/mol. The summed E-state index contributed by atoms with van der Waals surface area (Å²) in [6.45, 7) is -0.172. The lowest BCUT2D eigenvalue weighted by Crippen LogP contribution is -2.64. The second-order valence-electron chi connectivity index (χ2n) is 25.2. The Labute approximate surface area is 490 Å². The van der Waals surface area contributed by atoms with E-state index in [0.29, 0.717) is 0 Å². The van der Waals surface area contributed by atoms with Crippen LogP contribution in [0.15, 0.2) is 200 Å². The molecule has 6 aliphatic rings. The summed E-state index contributed by atoms with van der Waals surface area (Å²) in [7, 11) is 0. The average molecular weight is 1080 g/mol. The molecule has 0 bridgehead atoms. The molecule has 0 radical (unpaired) electrons. The molecule has 0 saturated carbocycles. The second-order valence-corrected chi connectivity index (χ2v) is 25.2. The van der Waals surface area contributed by atoms with Gasteiger partial charge in [0, 0.05) is 67.4 Å². The lowest BCUT2D eigenvalue weighted by molar-refractivity contribution is 0.482. The van der Waals surface area contributed by atoms with Crippen LogP contribution in [-0.4, -0.2) is 25.0 Å². The van der Waals surface area contributed by atoms with E-state index in [-0.39, 0.29) is 6.71 Å². The van der Waals surface area contributed by atoms with Crippen molar-refractivity contribution in [2.75, 3.05) is 0 Å². The van der Waals surface area contributed by atoms with Gasteiger partial charge in [0.1, 0.15) is 11.5 Å². The van der Waals surface area contributed by atoms with Crippen LogP contribution in [0.1, 0.15) is 112 Å². The van der Waals surface area contributed by atoms with Crippen LogP contribution in [0, 0.1) is 0 Å². The van der Waals surface area contributed by atoms with Gasteiger partial charge in [-0.2, -0.15) is 0 Å². The van der Waals surface area contributed by atoms with Crippen molar-refractivity contribution >= 4 is 66.7 Å². The third kappa shape index (κ3) is 6.41. The first kappa shape index (κ1) is 47.5. The van der Waals surface area contributed by atoms with E-state index < -0.39 is 5.41 Å². The second kappa shape index (κ2) is 18.0. The maximum absolute atomic E-state index is 8.19. The zero-order valence-electron chi connectivity index (χ0n) is 47.4. The predicted octanol–water partition coefficient (Wildman–Crippen LogP) is 15.9. The van der Waals surface area contributed by atoms with Crippen molar-refractivity contribution in [2.45, 2.75) is 102 Å². The molecule has 9 aromatic carbocycles. The Morgan fingerprint density at radius 2 is 0.762 bits per heavy atom. The van der Waals surface area contributed by atoms with Crippen LogP contribution in [0.5, 0.6) is 11.5 Å². The van der Waals surface area contributed by atoms with Crippen molar-refractivity contribution in [2.24, 2.45) is 0 Å². The Bertz CT molecular complexity index is 4890. The van der Waals surface area contributed by atoms with E-state index in [2.05, 4.69) is 218 Å². The third-order valence-corrected chi connectivity index (χ3v) is 21.1. The number of aryl methyl sites for hydroxylation is 4. The average Bonchev–Trinajstić information content (AvgIpc) is 0.921. The minimum absolute atomic E-state index is 0.172. The Morgan fingerprint density at radius 1 is 0.333 bits per heavy atom. The minimum atomic E-state index is -0.760. The predicted molar refractivity (Wildman–Crippen MR) is 345 cm³/mol. The maximum Gasteiger partial charge on any atom is 0.251 e. The van der Waals surface area contributed by atoms with Crippen LogP contribution in [0.4, 0.5) is 0 Å². The van der Waals surface area contributed by atoms with E-state index in [1.165, 1.54) is 183 Å². The van der Waals surface area contributed by atoms with Crippen LogP contribution in [0.3, 0.4) is 0 Å². The fraction of sp³-hybridized carbons (Fsp3) is 0.205. The number of aromatic nitrogens is 4. The molecule has 0 saturated heterocycles. The lowest BCUT2D eigenvalue weighted by atomic mass is 9.29. The summed E-state index contributed by atoms with van der Waals surface area (Å²) in [5.41, 5.74) is 29.9. The topological polar surface area (TPSA) is 28.9 Å². The highest BCUT2D eigenvalue weighted by Crippen LogP contribution is 2.52. The summed E-state index contributed by atoms with van der Waals surface area (Å²) in [4.78, 5) is 0. The van der Waals surface area contributed by atoms with E-state index in [9.17, 15) is 0 Å². The SMILES string of the molecule is c1ccc(C2(c3ccccc3)c3cc(-n4c5c(c6ccccc64)CCCC5)ccc3B3c4cc(-n5c6c(c7ccccc75)CCC6)cc(-n5c6c(c7ccccc75)CCC6)c4Oc4cc(-n5c6c(c7ccccc75)CCCCC6)cc2c43)cc1. The minimum Gasteiger partial charge on any atom is -0.456 e. The fourth-order valence-corrected chi connectivity index (χ4v) is 17.8. The number of rotatable bonds is 6. The van der Waals surface area contributed by atoms with E-state index in [0.717, 1.165) is 75.0 Å². The molecule has 19 rings (SSSR count). The first-order valence-electron chi connectivity index (χ1n) is 31.5. The number of ether oxygens (including phenoxy) is 1. The number of nitrogens with zero attached hydrogens (tertiary/aromatic N) is 4. The molecule has 13 aromatic rings. The molecular formula is C78H63BN4O. The first-order chi connectivity index (χ1) is 41.7. The molecule has 2 aliphatic heterocycles. The van der Waals surface area contributed by atoms with Crippen molar-refractivity contribution in [3.63, 3.8) is 0 Å².